The van der Waals surface area contributed by atoms with Gasteiger partial charge in [-0.05, 0) is 19.1 Å². The number of rotatable bonds is 4. The number of sulfonamides is 1. The van der Waals surface area contributed by atoms with E-state index in [1.165, 1.54) is 12.1 Å². The molecular formula is C9H12ClFN2O2S. The van der Waals surface area contributed by atoms with Crippen LogP contribution in [0.3, 0.4) is 0 Å². The Morgan fingerprint density at radius 1 is 1.56 bits per heavy atom. The highest BCUT2D eigenvalue weighted by Gasteiger charge is 2.21. The van der Waals surface area contributed by atoms with Crippen LogP contribution in [0.25, 0.3) is 0 Å². The summed E-state index contributed by atoms with van der Waals surface area (Å²) in [5.41, 5.74) is 5.28. The molecule has 0 aliphatic heterocycles. The molecule has 0 spiro atoms. The van der Waals surface area contributed by atoms with Gasteiger partial charge >= 0.3 is 0 Å². The molecule has 0 fully saturated rings. The SMILES string of the molecule is C[C@H](CN)NS(=O)(=O)c1cccc(Cl)c1F. The molecule has 0 radical (unpaired) electrons. The zero-order chi connectivity index (χ0) is 12.3. The van der Waals surface area contributed by atoms with Crippen LogP contribution in [0.1, 0.15) is 6.92 Å². The third kappa shape index (κ3) is 2.91. The molecule has 1 atom stereocenters. The lowest BCUT2D eigenvalue weighted by Gasteiger charge is -2.12. The Labute approximate surface area is 98.6 Å². The van der Waals surface area contributed by atoms with E-state index in [1.807, 2.05) is 0 Å². The van der Waals surface area contributed by atoms with Crippen molar-refractivity contribution in [3.63, 3.8) is 0 Å². The van der Waals surface area contributed by atoms with E-state index >= 15 is 0 Å². The Hall–Kier alpha value is -0.690. The van der Waals surface area contributed by atoms with Crippen molar-refractivity contribution in [2.24, 2.45) is 5.73 Å². The summed E-state index contributed by atoms with van der Waals surface area (Å²) >= 11 is 5.50. The van der Waals surface area contributed by atoms with Crippen LogP contribution in [0, 0.1) is 5.82 Å². The minimum atomic E-state index is -3.91. The number of hydrogen-bond donors (Lipinski definition) is 2. The summed E-state index contributed by atoms with van der Waals surface area (Å²) in [6.45, 7) is 1.71. The number of nitrogens with two attached hydrogens (primary N) is 1. The summed E-state index contributed by atoms with van der Waals surface area (Å²) in [5.74, 6) is -0.958. The maximum atomic E-state index is 13.5. The molecule has 7 heteroatoms. The van der Waals surface area contributed by atoms with Crippen molar-refractivity contribution in [3.05, 3.63) is 29.0 Å². The van der Waals surface area contributed by atoms with Crippen LogP contribution in [0.15, 0.2) is 23.1 Å². The molecule has 1 aromatic carbocycles. The molecular weight excluding hydrogens is 255 g/mol. The molecule has 0 heterocycles. The van der Waals surface area contributed by atoms with Gasteiger partial charge in [-0.2, -0.15) is 0 Å². The van der Waals surface area contributed by atoms with E-state index in [1.54, 1.807) is 6.92 Å². The first-order valence-electron chi connectivity index (χ1n) is 4.55. The highest BCUT2D eigenvalue weighted by Crippen LogP contribution is 2.21. The Kier molecular flexibility index (Phi) is 4.26. The van der Waals surface area contributed by atoms with E-state index in [9.17, 15) is 12.8 Å². The van der Waals surface area contributed by atoms with Gasteiger partial charge in [0, 0.05) is 12.6 Å². The van der Waals surface area contributed by atoms with Crippen molar-refractivity contribution in [1.82, 2.24) is 4.72 Å². The van der Waals surface area contributed by atoms with Gasteiger partial charge in [0.25, 0.3) is 0 Å². The summed E-state index contributed by atoms with van der Waals surface area (Å²) in [6, 6.07) is 3.32. The fourth-order valence-electron chi connectivity index (χ4n) is 1.07. The maximum absolute atomic E-state index is 13.5. The zero-order valence-electron chi connectivity index (χ0n) is 8.57. The van der Waals surface area contributed by atoms with E-state index in [-0.39, 0.29) is 11.6 Å². The first-order chi connectivity index (χ1) is 7.38. The van der Waals surface area contributed by atoms with Crippen LogP contribution in [0.2, 0.25) is 5.02 Å². The van der Waals surface area contributed by atoms with E-state index in [2.05, 4.69) is 4.72 Å². The molecule has 1 rings (SSSR count). The molecule has 0 aliphatic carbocycles. The van der Waals surface area contributed by atoms with Gasteiger partial charge in [0.15, 0.2) is 5.82 Å². The fourth-order valence-corrected chi connectivity index (χ4v) is 2.66. The Morgan fingerprint density at radius 2 is 2.19 bits per heavy atom. The number of halogens is 2. The summed E-state index contributed by atoms with van der Waals surface area (Å²) in [4.78, 5) is -0.472. The van der Waals surface area contributed by atoms with Crippen molar-refractivity contribution in [1.29, 1.82) is 0 Å². The van der Waals surface area contributed by atoms with Crippen LogP contribution in [-0.2, 0) is 10.0 Å². The Balaban J connectivity index is 3.13. The molecule has 3 N–H and O–H groups in total. The highest BCUT2D eigenvalue weighted by molar-refractivity contribution is 7.89. The molecule has 16 heavy (non-hydrogen) atoms. The maximum Gasteiger partial charge on any atom is 0.243 e. The average Bonchev–Trinajstić information content (AvgIpc) is 2.21. The largest absolute Gasteiger partial charge is 0.329 e. The van der Waals surface area contributed by atoms with Crippen LogP contribution >= 0.6 is 11.6 Å². The topological polar surface area (TPSA) is 72.2 Å². The van der Waals surface area contributed by atoms with Gasteiger partial charge in [0.05, 0.1) is 5.02 Å². The second-order valence-electron chi connectivity index (χ2n) is 3.31. The molecule has 1 aromatic rings. The zero-order valence-corrected chi connectivity index (χ0v) is 10.1. The van der Waals surface area contributed by atoms with Gasteiger partial charge < -0.3 is 5.73 Å². The first kappa shape index (κ1) is 13.4. The summed E-state index contributed by atoms with van der Waals surface area (Å²) < 4.78 is 39.1. The normalized spacial score (nSPS) is 13.8. The lowest BCUT2D eigenvalue weighted by atomic mass is 10.3. The summed E-state index contributed by atoms with van der Waals surface area (Å²) in [5, 5.41) is -0.233. The average molecular weight is 267 g/mol. The molecule has 0 aliphatic rings. The number of benzene rings is 1. The predicted octanol–water partition coefficient (Wildman–Crippen LogP) is 1.10. The molecule has 0 saturated heterocycles. The highest BCUT2D eigenvalue weighted by atomic mass is 35.5. The lowest BCUT2D eigenvalue weighted by molar-refractivity contribution is 0.544. The van der Waals surface area contributed by atoms with Gasteiger partial charge in [-0.3, -0.25) is 0 Å². The lowest BCUT2D eigenvalue weighted by Crippen LogP contribution is -2.38. The second kappa shape index (κ2) is 5.09. The second-order valence-corrected chi connectivity index (χ2v) is 5.40. The van der Waals surface area contributed by atoms with Gasteiger partial charge in [0.2, 0.25) is 10.0 Å². The van der Waals surface area contributed by atoms with Gasteiger partial charge in [-0.25, -0.2) is 17.5 Å². The first-order valence-corrected chi connectivity index (χ1v) is 6.41. The molecule has 0 amide bonds. The molecule has 0 saturated carbocycles. The standard InChI is InChI=1S/C9H12ClFN2O2S/c1-6(5-12)13-16(14,15)8-4-2-3-7(10)9(8)11/h2-4,6,13H,5,12H2,1H3/t6-/m1/s1. The molecule has 0 aromatic heterocycles. The molecule has 4 nitrogen and oxygen atoms in total. The Bertz CT molecular complexity index is 478. The molecule has 90 valence electrons. The van der Waals surface area contributed by atoms with E-state index in [4.69, 9.17) is 17.3 Å². The van der Waals surface area contributed by atoms with Crippen LogP contribution in [0.5, 0.6) is 0 Å². The third-order valence-electron chi connectivity index (χ3n) is 1.92. The third-order valence-corrected chi connectivity index (χ3v) is 3.81. The quantitative estimate of drug-likeness (QED) is 0.857. The van der Waals surface area contributed by atoms with Crippen LogP contribution < -0.4 is 10.5 Å². The van der Waals surface area contributed by atoms with Crippen molar-refractivity contribution in [2.45, 2.75) is 17.9 Å². The Morgan fingerprint density at radius 3 is 2.75 bits per heavy atom. The fraction of sp³-hybridized carbons (Fsp3) is 0.333. The molecule has 0 bridgehead atoms. The van der Waals surface area contributed by atoms with Crippen molar-refractivity contribution >= 4 is 21.6 Å². The van der Waals surface area contributed by atoms with Gasteiger partial charge in [-0.15, -0.1) is 0 Å². The monoisotopic (exact) mass is 266 g/mol. The van der Waals surface area contributed by atoms with Gasteiger partial charge in [0.1, 0.15) is 4.90 Å². The van der Waals surface area contributed by atoms with Crippen molar-refractivity contribution in [2.75, 3.05) is 6.54 Å². The number of hydrogen-bond acceptors (Lipinski definition) is 3. The number of nitrogens with one attached hydrogen (secondary N) is 1. The van der Waals surface area contributed by atoms with Crippen LogP contribution in [-0.4, -0.2) is 21.0 Å². The van der Waals surface area contributed by atoms with E-state index in [0.29, 0.717) is 0 Å². The van der Waals surface area contributed by atoms with Crippen molar-refractivity contribution < 1.29 is 12.8 Å². The van der Waals surface area contributed by atoms with E-state index in [0.717, 1.165) is 6.07 Å². The smallest absolute Gasteiger partial charge is 0.243 e. The summed E-state index contributed by atoms with van der Waals surface area (Å²) in [7, 11) is -3.91. The van der Waals surface area contributed by atoms with E-state index < -0.39 is 26.8 Å². The van der Waals surface area contributed by atoms with Crippen LogP contribution in [0.4, 0.5) is 4.39 Å². The minimum Gasteiger partial charge on any atom is -0.329 e. The minimum absolute atomic E-state index is 0.126. The summed E-state index contributed by atoms with van der Waals surface area (Å²) in [6.07, 6.45) is 0. The predicted molar refractivity (Wildman–Crippen MR) is 60.2 cm³/mol. The molecule has 0 unspecified atom stereocenters. The van der Waals surface area contributed by atoms with Gasteiger partial charge in [-0.1, -0.05) is 17.7 Å². The van der Waals surface area contributed by atoms with Crippen molar-refractivity contribution in [3.8, 4) is 0 Å².